The Morgan fingerprint density at radius 1 is 1.33 bits per heavy atom. The molecule has 0 aliphatic carbocycles. The number of aromatic nitrogens is 2. The van der Waals surface area contributed by atoms with Gasteiger partial charge in [0.05, 0.1) is 0 Å². The second-order valence-electron chi connectivity index (χ2n) is 6.09. The lowest BCUT2D eigenvalue weighted by atomic mass is 10.0. The molecule has 1 amide bonds. The summed E-state index contributed by atoms with van der Waals surface area (Å²) in [6.45, 7) is 4.01. The Morgan fingerprint density at radius 3 is 2.67 bits per heavy atom. The number of hydrogen-bond donors (Lipinski definition) is 1. The molecule has 0 radical (unpaired) electrons. The van der Waals surface area contributed by atoms with E-state index in [4.69, 9.17) is 9.26 Å². The van der Waals surface area contributed by atoms with Gasteiger partial charge in [0.15, 0.2) is 6.61 Å². The lowest BCUT2D eigenvalue weighted by Gasteiger charge is -2.29. The van der Waals surface area contributed by atoms with E-state index in [0.29, 0.717) is 23.0 Å². The number of benzene rings is 1. The molecular formula is C17H22N4O3. The molecule has 1 aliphatic heterocycles. The van der Waals surface area contributed by atoms with Gasteiger partial charge in [0.25, 0.3) is 5.91 Å². The number of hydrogen-bond acceptors (Lipinski definition) is 6. The van der Waals surface area contributed by atoms with Crippen LogP contribution in [-0.4, -0.2) is 47.1 Å². The highest BCUT2D eigenvalue weighted by atomic mass is 16.5. The molecule has 24 heavy (non-hydrogen) atoms. The van der Waals surface area contributed by atoms with E-state index in [1.54, 1.807) is 31.2 Å². The molecule has 1 saturated heterocycles. The Kier molecular flexibility index (Phi) is 5.10. The molecule has 3 rings (SSSR count). The summed E-state index contributed by atoms with van der Waals surface area (Å²) in [5.74, 6) is 1.63. The molecule has 0 bridgehead atoms. The molecule has 1 fully saturated rings. The number of aryl methyl sites for hydroxylation is 1. The van der Waals surface area contributed by atoms with Crippen LogP contribution in [0.25, 0.3) is 0 Å². The first-order valence-electron chi connectivity index (χ1n) is 8.11. The van der Waals surface area contributed by atoms with Crippen molar-refractivity contribution in [2.45, 2.75) is 32.4 Å². The van der Waals surface area contributed by atoms with Gasteiger partial charge in [0.2, 0.25) is 11.7 Å². The quantitative estimate of drug-likeness (QED) is 0.900. The van der Waals surface area contributed by atoms with Crippen LogP contribution in [0.15, 0.2) is 28.8 Å². The van der Waals surface area contributed by atoms with Gasteiger partial charge >= 0.3 is 0 Å². The van der Waals surface area contributed by atoms with Crippen LogP contribution in [0.5, 0.6) is 5.75 Å². The molecule has 2 heterocycles. The summed E-state index contributed by atoms with van der Waals surface area (Å²) < 4.78 is 10.5. The average Bonchev–Trinajstić information content (AvgIpc) is 3.01. The van der Waals surface area contributed by atoms with Crippen molar-refractivity contribution in [1.29, 1.82) is 0 Å². The first kappa shape index (κ1) is 16.4. The van der Waals surface area contributed by atoms with Gasteiger partial charge in [-0.25, -0.2) is 0 Å². The Balaban J connectivity index is 1.51. The van der Waals surface area contributed by atoms with Crippen LogP contribution >= 0.6 is 0 Å². The summed E-state index contributed by atoms with van der Waals surface area (Å²) in [7, 11) is 2.10. The molecule has 0 unspecified atom stereocenters. The van der Waals surface area contributed by atoms with Gasteiger partial charge in [0, 0.05) is 18.5 Å². The number of rotatable bonds is 5. The number of carbonyl (C=O) groups is 1. The first-order chi connectivity index (χ1) is 11.6. The monoisotopic (exact) mass is 330 g/mol. The van der Waals surface area contributed by atoms with Crippen molar-refractivity contribution < 1.29 is 14.1 Å². The smallest absolute Gasteiger partial charge is 0.251 e. The summed E-state index contributed by atoms with van der Waals surface area (Å²) in [6.07, 6.45) is 1.99. The van der Waals surface area contributed by atoms with Gasteiger partial charge in [-0.05, 0) is 57.2 Å². The second-order valence-corrected chi connectivity index (χ2v) is 6.09. The normalized spacial score (nSPS) is 16.1. The molecule has 7 nitrogen and oxygen atoms in total. The third kappa shape index (κ3) is 4.32. The van der Waals surface area contributed by atoms with Crippen LogP contribution in [0.1, 0.15) is 34.9 Å². The highest BCUT2D eigenvalue weighted by Gasteiger charge is 2.19. The van der Waals surface area contributed by atoms with E-state index in [9.17, 15) is 4.79 Å². The Labute approximate surface area is 141 Å². The van der Waals surface area contributed by atoms with E-state index in [-0.39, 0.29) is 18.6 Å². The Bertz CT molecular complexity index is 675. The molecule has 1 aliphatic rings. The summed E-state index contributed by atoms with van der Waals surface area (Å²) >= 11 is 0. The third-order valence-electron chi connectivity index (χ3n) is 4.11. The van der Waals surface area contributed by atoms with Crippen molar-refractivity contribution in [1.82, 2.24) is 20.4 Å². The summed E-state index contributed by atoms with van der Waals surface area (Å²) in [6, 6.07) is 7.33. The van der Waals surface area contributed by atoms with Crippen LogP contribution in [-0.2, 0) is 6.61 Å². The van der Waals surface area contributed by atoms with Crippen LogP contribution in [0.3, 0.4) is 0 Å². The largest absolute Gasteiger partial charge is 0.485 e. The van der Waals surface area contributed by atoms with Gasteiger partial charge < -0.3 is 19.5 Å². The van der Waals surface area contributed by atoms with E-state index < -0.39 is 0 Å². The van der Waals surface area contributed by atoms with Crippen molar-refractivity contribution >= 4 is 5.91 Å². The van der Waals surface area contributed by atoms with Gasteiger partial charge in [-0.3, -0.25) is 4.79 Å². The van der Waals surface area contributed by atoms with Crippen molar-refractivity contribution in [3.63, 3.8) is 0 Å². The van der Waals surface area contributed by atoms with Crippen molar-refractivity contribution in [2.75, 3.05) is 20.1 Å². The number of nitrogens with zero attached hydrogens (tertiary/aromatic N) is 3. The van der Waals surface area contributed by atoms with E-state index in [1.807, 2.05) is 0 Å². The number of amides is 1. The molecule has 1 N–H and O–H groups in total. The van der Waals surface area contributed by atoms with Crippen LogP contribution in [0, 0.1) is 6.92 Å². The van der Waals surface area contributed by atoms with E-state index in [0.717, 1.165) is 25.9 Å². The maximum atomic E-state index is 12.3. The Morgan fingerprint density at radius 2 is 2.04 bits per heavy atom. The number of likely N-dealkylation sites (tertiary alicyclic amines) is 1. The number of piperidine rings is 1. The molecular weight excluding hydrogens is 308 g/mol. The predicted molar refractivity (Wildman–Crippen MR) is 87.8 cm³/mol. The van der Waals surface area contributed by atoms with Gasteiger partial charge in [-0.2, -0.15) is 4.98 Å². The molecule has 128 valence electrons. The number of ether oxygens (including phenoxy) is 1. The van der Waals surface area contributed by atoms with Gasteiger partial charge in [0.1, 0.15) is 5.75 Å². The minimum Gasteiger partial charge on any atom is -0.485 e. The van der Waals surface area contributed by atoms with Crippen molar-refractivity contribution in [2.24, 2.45) is 0 Å². The lowest BCUT2D eigenvalue weighted by Crippen LogP contribution is -2.43. The fourth-order valence-electron chi connectivity index (χ4n) is 2.67. The van der Waals surface area contributed by atoms with Gasteiger partial charge in [-0.1, -0.05) is 5.16 Å². The first-order valence-corrected chi connectivity index (χ1v) is 8.11. The predicted octanol–water partition coefficient (Wildman–Crippen LogP) is 1.78. The highest BCUT2D eigenvalue weighted by Crippen LogP contribution is 2.15. The van der Waals surface area contributed by atoms with Crippen molar-refractivity contribution in [3.8, 4) is 5.75 Å². The van der Waals surface area contributed by atoms with E-state index in [2.05, 4.69) is 27.4 Å². The fourth-order valence-corrected chi connectivity index (χ4v) is 2.67. The number of carbonyl (C=O) groups excluding carboxylic acids is 1. The number of nitrogens with one attached hydrogen (secondary N) is 1. The summed E-state index contributed by atoms with van der Waals surface area (Å²) in [5.41, 5.74) is 0.636. The Hall–Kier alpha value is -2.41. The van der Waals surface area contributed by atoms with Crippen molar-refractivity contribution in [3.05, 3.63) is 41.5 Å². The van der Waals surface area contributed by atoms with Gasteiger partial charge in [-0.15, -0.1) is 0 Å². The minimum absolute atomic E-state index is 0.0371. The maximum absolute atomic E-state index is 12.3. The summed E-state index contributed by atoms with van der Waals surface area (Å²) in [5, 5.41) is 6.87. The zero-order chi connectivity index (χ0) is 16.9. The third-order valence-corrected chi connectivity index (χ3v) is 4.11. The molecule has 0 saturated carbocycles. The minimum atomic E-state index is -0.0371. The van der Waals surface area contributed by atoms with E-state index >= 15 is 0 Å². The molecule has 7 heteroatoms. The topological polar surface area (TPSA) is 80.5 Å². The van der Waals surface area contributed by atoms with Crippen LogP contribution < -0.4 is 10.1 Å². The zero-order valence-corrected chi connectivity index (χ0v) is 14.0. The second kappa shape index (κ2) is 7.44. The average molecular weight is 330 g/mol. The molecule has 0 atom stereocenters. The molecule has 1 aromatic carbocycles. The molecule has 0 spiro atoms. The summed E-state index contributed by atoms with van der Waals surface area (Å²) in [4.78, 5) is 18.6. The van der Waals surface area contributed by atoms with Crippen LogP contribution in [0.2, 0.25) is 0 Å². The lowest BCUT2D eigenvalue weighted by molar-refractivity contribution is 0.0917. The maximum Gasteiger partial charge on any atom is 0.251 e. The highest BCUT2D eigenvalue weighted by molar-refractivity contribution is 5.94. The fraction of sp³-hybridized carbons (Fsp3) is 0.471. The van der Waals surface area contributed by atoms with Crippen LogP contribution in [0.4, 0.5) is 0 Å². The van der Waals surface area contributed by atoms with E-state index in [1.165, 1.54) is 0 Å². The zero-order valence-electron chi connectivity index (χ0n) is 14.0. The molecule has 2 aromatic rings. The SMILES string of the molecule is Cc1nc(COc2ccc(C(=O)NC3CCN(C)CC3)cc2)no1. The standard InChI is InChI=1S/C17H22N4O3/c1-12-18-16(20-24-12)11-23-15-5-3-13(4-6-15)17(22)19-14-7-9-21(2)10-8-14/h3-6,14H,7-11H2,1-2H3,(H,19,22). The molecule has 1 aromatic heterocycles.